The summed E-state index contributed by atoms with van der Waals surface area (Å²) in [6, 6.07) is 7.91. The number of aromatic amines is 1. The quantitative estimate of drug-likeness (QED) is 0.700. The minimum absolute atomic E-state index is 0.0436. The number of aromatic nitrogens is 2. The van der Waals surface area contributed by atoms with E-state index < -0.39 is 0 Å². The number of likely N-dealkylation sites (tertiary alicyclic amines) is 1. The molecule has 1 aromatic heterocycles. The molecule has 1 aliphatic rings. The standard InChI is InChI=1S/C22H31N5O2/c1-4-23-22(29)27-11-9-18(10-12-27)13-17-5-7-19(8-6-17)21(28)24-14-20-15(2)25-26-16(20)3/h5-8,18H,4,9-14H2,1-3H3,(H,23,29)(H,24,28)(H,25,26). The van der Waals surface area contributed by atoms with Gasteiger partial charge in [0.2, 0.25) is 0 Å². The summed E-state index contributed by atoms with van der Waals surface area (Å²) in [6.07, 6.45) is 3.02. The highest BCUT2D eigenvalue weighted by Gasteiger charge is 2.22. The lowest BCUT2D eigenvalue weighted by atomic mass is 9.90. The number of hydrogen-bond acceptors (Lipinski definition) is 3. The lowest BCUT2D eigenvalue weighted by Gasteiger charge is -2.32. The Hall–Kier alpha value is -2.83. The summed E-state index contributed by atoms with van der Waals surface area (Å²) in [7, 11) is 0. The predicted octanol–water partition coefficient (Wildman–Crippen LogP) is 2.94. The first kappa shape index (κ1) is 20.9. The summed E-state index contributed by atoms with van der Waals surface area (Å²) in [5.74, 6) is 0.499. The van der Waals surface area contributed by atoms with Crippen LogP contribution in [0.5, 0.6) is 0 Å². The number of aryl methyl sites for hydroxylation is 2. The Labute approximate surface area is 172 Å². The third kappa shape index (κ3) is 5.37. The van der Waals surface area contributed by atoms with E-state index in [4.69, 9.17) is 0 Å². The van der Waals surface area contributed by atoms with Crippen LogP contribution in [-0.4, -0.2) is 46.7 Å². The minimum Gasteiger partial charge on any atom is -0.348 e. The van der Waals surface area contributed by atoms with Crippen molar-refractivity contribution in [3.63, 3.8) is 0 Å². The number of piperidine rings is 1. The Kier molecular flexibility index (Phi) is 6.90. The maximum absolute atomic E-state index is 12.4. The predicted molar refractivity (Wildman–Crippen MR) is 113 cm³/mol. The van der Waals surface area contributed by atoms with Crippen molar-refractivity contribution in [2.24, 2.45) is 5.92 Å². The van der Waals surface area contributed by atoms with Crippen molar-refractivity contribution in [2.75, 3.05) is 19.6 Å². The second-order valence-electron chi connectivity index (χ2n) is 7.76. The van der Waals surface area contributed by atoms with Crippen LogP contribution >= 0.6 is 0 Å². The summed E-state index contributed by atoms with van der Waals surface area (Å²) in [5, 5.41) is 12.9. The maximum Gasteiger partial charge on any atom is 0.317 e. The average molecular weight is 398 g/mol. The van der Waals surface area contributed by atoms with E-state index in [-0.39, 0.29) is 11.9 Å². The fourth-order valence-corrected chi connectivity index (χ4v) is 3.83. The SMILES string of the molecule is CCNC(=O)N1CCC(Cc2ccc(C(=O)NCc3c(C)n[nH]c3C)cc2)CC1. The van der Waals surface area contributed by atoms with Crippen LogP contribution < -0.4 is 10.6 Å². The zero-order chi connectivity index (χ0) is 20.8. The molecule has 1 saturated heterocycles. The molecule has 0 unspecified atom stereocenters. The van der Waals surface area contributed by atoms with E-state index in [1.807, 2.05) is 49.9 Å². The van der Waals surface area contributed by atoms with Gasteiger partial charge in [-0.05, 0) is 63.6 Å². The lowest BCUT2D eigenvalue weighted by molar-refractivity contribution is 0.0951. The highest BCUT2D eigenvalue weighted by molar-refractivity contribution is 5.94. The molecule has 3 rings (SSSR count). The molecule has 0 spiro atoms. The summed E-state index contributed by atoms with van der Waals surface area (Å²) in [6.45, 7) is 8.58. The molecule has 2 heterocycles. The third-order valence-corrected chi connectivity index (χ3v) is 5.68. The number of carbonyl (C=O) groups is 2. The van der Waals surface area contributed by atoms with Crippen LogP contribution in [0.15, 0.2) is 24.3 Å². The fourth-order valence-electron chi connectivity index (χ4n) is 3.83. The van der Waals surface area contributed by atoms with E-state index in [0.29, 0.717) is 24.6 Å². The molecule has 0 saturated carbocycles. The van der Waals surface area contributed by atoms with Gasteiger partial charge in [-0.1, -0.05) is 12.1 Å². The van der Waals surface area contributed by atoms with E-state index in [9.17, 15) is 9.59 Å². The van der Waals surface area contributed by atoms with E-state index in [2.05, 4.69) is 20.8 Å². The molecule has 1 aliphatic heterocycles. The van der Waals surface area contributed by atoms with Gasteiger partial charge in [0, 0.05) is 43.0 Å². The summed E-state index contributed by atoms with van der Waals surface area (Å²) >= 11 is 0. The number of nitrogens with zero attached hydrogens (tertiary/aromatic N) is 2. The van der Waals surface area contributed by atoms with Crippen LogP contribution in [0.1, 0.15) is 52.6 Å². The van der Waals surface area contributed by atoms with Gasteiger partial charge in [0.05, 0.1) is 5.69 Å². The van der Waals surface area contributed by atoms with Crippen molar-refractivity contribution in [2.45, 2.75) is 46.6 Å². The van der Waals surface area contributed by atoms with Gasteiger partial charge in [-0.25, -0.2) is 4.79 Å². The van der Waals surface area contributed by atoms with Gasteiger partial charge in [0.15, 0.2) is 0 Å². The van der Waals surface area contributed by atoms with Gasteiger partial charge in [0.1, 0.15) is 0 Å². The Morgan fingerprint density at radius 2 is 1.83 bits per heavy atom. The van der Waals surface area contributed by atoms with E-state index in [1.165, 1.54) is 5.56 Å². The molecular formula is C22H31N5O2. The number of H-pyrrole nitrogens is 1. The van der Waals surface area contributed by atoms with E-state index >= 15 is 0 Å². The van der Waals surface area contributed by atoms with Crippen LogP contribution in [0.3, 0.4) is 0 Å². The molecular weight excluding hydrogens is 366 g/mol. The van der Waals surface area contributed by atoms with Crippen molar-refractivity contribution in [1.29, 1.82) is 0 Å². The minimum atomic E-state index is -0.0770. The maximum atomic E-state index is 12.4. The average Bonchev–Trinajstić information content (AvgIpc) is 3.05. The second-order valence-corrected chi connectivity index (χ2v) is 7.76. The molecule has 0 atom stereocenters. The molecule has 1 fully saturated rings. The van der Waals surface area contributed by atoms with Crippen LogP contribution in [-0.2, 0) is 13.0 Å². The van der Waals surface area contributed by atoms with Gasteiger partial charge in [0.25, 0.3) is 5.91 Å². The van der Waals surface area contributed by atoms with Crippen molar-refractivity contribution in [3.8, 4) is 0 Å². The van der Waals surface area contributed by atoms with Crippen molar-refractivity contribution < 1.29 is 9.59 Å². The van der Waals surface area contributed by atoms with Gasteiger partial charge >= 0.3 is 6.03 Å². The van der Waals surface area contributed by atoms with Crippen molar-refractivity contribution in [3.05, 3.63) is 52.3 Å². The van der Waals surface area contributed by atoms with E-state index in [1.54, 1.807) is 0 Å². The van der Waals surface area contributed by atoms with Gasteiger partial charge in [-0.15, -0.1) is 0 Å². The van der Waals surface area contributed by atoms with Gasteiger partial charge < -0.3 is 15.5 Å². The number of urea groups is 1. The molecule has 3 N–H and O–H groups in total. The summed E-state index contributed by atoms with van der Waals surface area (Å²) in [5.41, 5.74) is 4.83. The number of rotatable bonds is 6. The Morgan fingerprint density at radius 3 is 2.41 bits per heavy atom. The lowest BCUT2D eigenvalue weighted by Crippen LogP contribution is -2.44. The molecule has 0 aliphatic carbocycles. The van der Waals surface area contributed by atoms with E-state index in [0.717, 1.165) is 49.3 Å². The molecule has 29 heavy (non-hydrogen) atoms. The number of hydrogen-bond donors (Lipinski definition) is 3. The Morgan fingerprint density at radius 1 is 1.14 bits per heavy atom. The fraction of sp³-hybridized carbons (Fsp3) is 0.500. The zero-order valence-corrected chi connectivity index (χ0v) is 17.5. The first-order chi connectivity index (χ1) is 14.0. The first-order valence-electron chi connectivity index (χ1n) is 10.4. The topological polar surface area (TPSA) is 90.1 Å². The molecule has 7 heteroatoms. The summed E-state index contributed by atoms with van der Waals surface area (Å²) < 4.78 is 0. The smallest absolute Gasteiger partial charge is 0.317 e. The normalized spacial score (nSPS) is 14.7. The monoisotopic (exact) mass is 397 g/mol. The largest absolute Gasteiger partial charge is 0.348 e. The van der Waals surface area contributed by atoms with Crippen molar-refractivity contribution >= 4 is 11.9 Å². The molecule has 7 nitrogen and oxygen atoms in total. The zero-order valence-electron chi connectivity index (χ0n) is 17.5. The van der Waals surface area contributed by atoms with Crippen LogP contribution in [0, 0.1) is 19.8 Å². The highest BCUT2D eigenvalue weighted by atomic mass is 16.2. The van der Waals surface area contributed by atoms with Gasteiger partial charge in [-0.3, -0.25) is 9.89 Å². The molecule has 0 radical (unpaired) electrons. The number of carbonyl (C=O) groups excluding carboxylic acids is 2. The molecule has 2 aromatic rings. The number of nitrogens with one attached hydrogen (secondary N) is 3. The van der Waals surface area contributed by atoms with Crippen LogP contribution in [0.25, 0.3) is 0 Å². The van der Waals surface area contributed by atoms with Crippen LogP contribution in [0.2, 0.25) is 0 Å². The molecule has 156 valence electrons. The van der Waals surface area contributed by atoms with Gasteiger partial charge in [-0.2, -0.15) is 5.10 Å². The summed E-state index contributed by atoms with van der Waals surface area (Å²) in [4.78, 5) is 26.2. The Bertz CT molecular complexity index is 816. The number of amides is 3. The Balaban J connectivity index is 1.48. The first-order valence-corrected chi connectivity index (χ1v) is 10.4. The molecule has 0 bridgehead atoms. The highest BCUT2D eigenvalue weighted by Crippen LogP contribution is 2.22. The third-order valence-electron chi connectivity index (χ3n) is 5.68. The van der Waals surface area contributed by atoms with Crippen molar-refractivity contribution in [1.82, 2.24) is 25.7 Å². The van der Waals surface area contributed by atoms with Crippen LogP contribution in [0.4, 0.5) is 4.79 Å². The molecule has 3 amide bonds. The number of benzene rings is 1. The molecule has 1 aromatic carbocycles. The second kappa shape index (κ2) is 9.58.